The molecule has 2 N–H and O–H groups in total. The third kappa shape index (κ3) is 3.50. The minimum absolute atomic E-state index is 0.0405. The summed E-state index contributed by atoms with van der Waals surface area (Å²) in [5.41, 5.74) is 0.619. The molecule has 2 aromatic rings. The van der Waals surface area contributed by atoms with Gasteiger partial charge >= 0.3 is 4.87 Å². The Morgan fingerprint density at radius 2 is 1.95 bits per heavy atom. The fourth-order valence-electron chi connectivity index (χ4n) is 1.60. The number of anilines is 1. The van der Waals surface area contributed by atoms with E-state index in [1.165, 1.54) is 20.1 Å². The third-order valence-electron chi connectivity index (χ3n) is 2.51. The number of nitrogens with one attached hydrogen (secondary N) is 2. The van der Waals surface area contributed by atoms with Gasteiger partial charge in [0.15, 0.2) is 4.21 Å². The van der Waals surface area contributed by atoms with Crippen LogP contribution in [0.25, 0.3) is 0 Å². The number of ether oxygens (including phenoxy) is 1. The molecule has 2 rings (SSSR count). The van der Waals surface area contributed by atoms with Crippen LogP contribution in [-0.4, -0.2) is 20.5 Å². The van der Waals surface area contributed by atoms with Gasteiger partial charge in [-0.05, 0) is 44.8 Å². The van der Waals surface area contributed by atoms with Crippen LogP contribution in [0.2, 0.25) is 0 Å². The molecule has 0 amide bonds. The lowest BCUT2D eigenvalue weighted by Crippen LogP contribution is -2.13. The molecule has 21 heavy (non-hydrogen) atoms. The van der Waals surface area contributed by atoms with Crippen molar-refractivity contribution >= 4 is 58.9 Å². The van der Waals surface area contributed by atoms with Gasteiger partial charge in [-0.3, -0.25) is 9.52 Å². The van der Waals surface area contributed by atoms with Crippen LogP contribution in [0.3, 0.4) is 0 Å². The molecule has 0 saturated carbocycles. The number of thiazole rings is 1. The number of methoxy groups -OCH3 is 1. The number of sulfonamides is 1. The van der Waals surface area contributed by atoms with Gasteiger partial charge in [0.25, 0.3) is 10.0 Å². The van der Waals surface area contributed by atoms with Crippen LogP contribution in [0.5, 0.6) is 5.75 Å². The smallest absolute Gasteiger partial charge is 0.306 e. The molecule has 10 heteroatoms. The van der Waals surface area contributed by atoms with E-state index in [-0.39, 0.29) is 4.21 Å². The minimum atomic E-state index is -3.85. The molecule has 0 aliphatic carbocycles. The SMILES string of the molecule is COc1cc(NS(=O)(=O)c2sc(=O)[nH]c2C)c(Br)cc1Br. The van der Waals surface area contributed by atoms with Crippen LogP contribution in [0, 0.1) is 6.92 Å². The standard InChI is InChI=1S/C11H10Br2N2O4S2/c1-5-10(20-11(16)14-5)21(17,18)15-8-4-9(19-2)7(13)3-6(8)12/h3-4,15H,1-2H3,(H,14,16). The number of benzene rings is 1. The van der Waals surface area contributed by atoms with Crippen molar-refractivity contribution in [3.63, 3.8) is 0 Å². The average molecular weight is 458 g/mol. The van der Waals surface area contributed by atoms with Crippen LogP contribution in [0.15, 0.2) is 30.1 Å². The number of aromatic amines is 1. The Morgan fingerprint density at radius 3 is 2.48 bits per heavy atom. The summed E-state index contributed by atoms with van der Waals surface area (Å²) in [5.74, 6) is 0.481. The first-order chi connectivity index (χ1) is 9.74. The maximum atomic E-state index is 12.3. The van der Waals surface area contributed by atoms with E-state index < -0.39 is 14.9 Å². The van der Waals surface area contributed by atoms with E-state index in [4.69, 9.17) is 4.74 Å². The Morgan fingerprint density at radius 1 is 1.29 bits per heavy atom. The van der Waals surface area contributed by atoms with E-state index in [2.05, 4.69) is 41.6 Å². The highest BCUT2D eigenvalue weighted by Crippen LogP contribution is 2.35. The Balaban J connectivity index is 2.46. The van der Waals surface area contributed by atoms with E-state index in [1.54, 1.807) is 6.07 Å². The van der Waals surface area contributed by atoms with Gasteiger partial charge in [0.05, 0.1) is 17.3 Å². The van der Waals surface area contributed by atoms with Crippen LogP contribution < -0.4 is 14.3 Å². The molecule has 114 valence electrons. The highest BCUT2D eigenvalue weighted by molar-refractivity contribution is 9.11. The van der Waals surface area contributed by atoms with Gasteiger partial charge in [-0.1, -0.05) is 11.3 Å². The Labute approximate surface area is 141 Å². The summed E-state index contributed by atoms with van der Waals surface area (Å²) in [7, 11) is -2.37. The number of rotatable bonds is 4. The van der Waals surface area contributed by atoms with Crippen molar-refractivity contribution in [3.05, 3.63) is 36.4 Å². The highest BCUT2D eigenvalue weighted by Gasteiger charge is 2.22. The molecular formula is C11H10Br2N2O4S2. The first-order valence-electron chi connectivity index (χ1n) is 5.50. The van der Waals surface area contributed by atoms with Crippen molar-refractivity contribution < 1.29 is 13.2 Å². The van der Waals surface area contributed by atoms with Gasteiger partial charge in [-0.15, -0.1) is 0 Å². The molecule has 0 aliphatic rings. The van der Waals surface area contributed by atoms with Gasteiger partial charge in [0.1, 0.15) is 5.75 Å². The summed E-state index contributed by atoms with van der Waals surface area (Å²) in [6.07, 6.45) is 0. The molecule has 0 fully saturated rings. The number of H-pyrrole nitrogens is 1. The van der Waals surface area contributed by atoms with Crippen LogP contribution in [0.1, 0.15) is 5.69 Å². The molecule has 0 unspecified atom stereocenters. The van der Waals surface area contributed by atoms with E-state index >= 15 is 0 Å². The van der Waals surface area contributed by atoms with Gasteiger partial charge in [-0.25, -0.2) is 8.42 Å². The number of hydrogen-bond donors (Lipinski definition) is 2. The molecule has 6 nitrogen and oxygen atoms in total. The quantitative estimate of drug-likeness (QED) is 0.738. The summed E-state index contributed by atoms with van der Waals surface area (Å²) in [6.45, 7) is 1.53. The zero-order valence-electron chi connectivity index (χ0n) is 10.9. The molecule has 1 aromatic heterocycles. The lowest BCUT2D eigenvalue weighted by molar-refractivity contribution is 0.412. The Hall–Kier alpha value is -0.840. The number of hydrogen-bond acceptors (Lipinski definition) is 5. The van der Waals surface area contributed by atoms with E-state index in [0.717, 1.165) is 0 Å². The summed E-state index contributed by atoms with van der Waals surface area (Å²) in [6, 6.07) is 3.21. The second kappa shape index (κ2) is 6.11. The molecule has 0 atom stereocenters. The van der Waals surface area contributed by atoms with Gasteiger partial charge < -0.3 is 9.72 Å². The summed E-state index contributed by atoms with van der Waals surface area (Å²) in [5, 5.41) is 0. The molecule has 0 aliphatic heterocycles. The monoisotopic (exact) mass is 456 g/mol. The topological polar surface area (TPSA) is 88.3 Å². The lowest BCUT2D eigenvalue weighted by atomic mass is 10.3. The van der Waals surface area contributed by atoms with Crippen molar-refractivity contribution in [3.8, 4) is 5.75 Å². The molecular weight excluding hydrogens is 448 g/mol. The summed E-state index contributed by atoms with van der Waals surface area (Å²) < 4.78 is 33.4. The average Bonchev–Trinajstić information content (AvgIpc) is 2.72. The van der Waals surface area contributed by atoms with Crippen molar-refractivity contribution in [2.75, 3.05) is 11.8 Å². The van der Waals surface area contributed by atoms with Crippen LogP contribution in [0.4, 0.5) is 5.69 Å². The molecule has 0 saturated heterocycles. The molecule has 1 aromatic carbocycles. The van der Waals surface area contributed by atoms with E-state index in [9.17, 15) is 13.2 Å². The first-order valence-corrected chi connectivity index (χ1v) is 9.38. The highest BCUT2D eigenvalue weighted by atomic mass is 79.9. The maximum absolute atomic E-state index is 12.3. The van der Waals surface area contributed by atoms with Crippen molar-refractivity contribution in [2.45, 2.75) is 11.1 Å². The summed E-state index contributed by atoms with van der Waals surface area (Å²) in [4.78, 5) is 13.3. The first kappa shape index (κ1) is 16.5. The van der Waals surface area contributed by atoms with Crippen LogP contribution in [-0.2, 0) is 10.0 Å². The number of aromatic nitrogens is 1. The van der Waals surface area contributed by atoms with Crippen molar-refractivity contribution in [1.82, 2.24) is 4.98 Å². The molecule has 1 heterocycles. The normalized spacial score (nSPS) is 11.4. The third-order valence-corrected chi connectivity index (χ3v) is 6.76. The Kier molecular flexibility index (Phi) is 4.81. The van der Waals surface area contributed by atoms with Gasteiger partial charge in [-0.2, -0.15) is 0 Å². The van der Waals surface area contributed by atoms with Gasteiger partial charge in [0, 0.05) is 16.2 Å². The fraction of sp³-hybridized carbons (Fsp3) is 0.182. The second-order valence-electron chi connectivity index (χ2n) is 4.00. The van der Waals surface area contributed by atoms with Crippen molar-refractivity contribution in [1.29, 1.82) is 0 Å². The minimum Gasteiger partial charge on any atom is -0.495 e. The number of halogens is 2. The van der Waals surface area contributed by atoms with Crippen LogP contribution >= 0.6 is 43.2 Å². The molecule has 0 spiro atoms. The zero-order valence-corrected chi connectivity index (χ0v) is 15.7. The Bertz CT molecular complexity index is 842. The van der Waals surface area contributed by atoms with E-state index in [0.29, 0.717) is 37.4 Å². The van der Waals surface area contributed by atoms with E-state index in [1.807, 2.05) is 0 Å². The van der Waals surface area contributed by atoms with Gasteiger partial charge in [0.2, 0.25) is 0 Å². The predicted octanol–water partition coefficient (Wildman–Crippen LogP) is 3.08. The maximum Gasteiger partial charge on any atom is 0.306 e. The summed E-state index contributed by atoms with van der Waals surface area (Å²) >= 11 is 7.23. The number of aryl methyl sites for hydroxylation is 1. The fourth-order valence-corrected chi connectivity index (χ4v) is 5.36. The van der Waals surface area contributed by atoms with Crippen molar-refractivity contribution in [2.24, 2.45) is 0 Å². The second-order valence-corrected chi connectivity index (χ2v) is 8.57. The largest absolute Gasteiger partial charge is 0.495 e. The lowest BCUT2D eigenvalue weighted by Gasteiger charge is -2.11. The zero-order chi connectivity index (χ0) is 15.8. The molecule has 0 bridgehead atoms. The molecule has 0 radical (unpaired) electrons. The predicted molar refractivity (Wildman–Crippen MR) is 88.9 cm³/mol.